The number of amides is 2. The number of hydrogen-bond acceptors (Lipinski definition) is 2. The molecule has 0 unspecified atom stereocenters. The lowest BCUT2D eigenvalue weighted by Crippen LogP contribution is -2.34. The minimum absolute atomic E-state index is 0.000366. The zero-order valence-corrected chi connectivity index (χ0v) is 13.1. The largest absolute Gasteiger partial charge is 0.356 e. The molecule has 0 aromatic heterocycles. The van der Waals surface area contributed by atoms with E-state index in [1.54, 1.807) is 17.0 Å². The molecule has 1 N–H and O–H groups in total. The molecule has 0 saturated carbocycles. The van der Waals surface area contributed by atoms with Crippen molar-refractivity contribution in [3.05, 3.63) is 35.6 Å². The summed E-state index contributed by atoms with van der Waals surface area (Å²) in [6.45, 7) is 1.55. The molecule has 0 bridgehead atoms. The smallest absolute Gasteiger partial charge is 0.225 e. The molecule has 0 radical (unpaired) electrons. The lowest BCUT2D eigenvalue weighted by atomic mass is 10.1. The molecule has 120 valence electrons. The number of rotatable bonds is 7. The maximum atomic E-state index is 12.8. The van der Waals surface area contributed by atoms with E-state index >= 15 is 0 Å². The molecule has 1 aliphatic heterocycles. The van der Waals surface area contributed by atoms with Gasteiger partial charge < -0.3 is 10.2 Å². The number of nitrogens with zero attached hydrogens (tertiary/aromatic N) is 1. The molecule has 1 fully saturated rings. The van der Waals surface area contributed by atoms with Crippen molar-refractivity contribution in [2.24, 2.45) is 5.92 Å². The normalized spacial score (nSPS) is 17.8. The first kappa shape index (κ1) is 16.7. The Bertz CT molecular complexity index is 521. The SMILES string of the molecule is O=C(NCCCCl)[C@H]1CC(=O)N(CCc2ccc(F)cc2)C1. The summed E-state index contributed by atoms with van der Waals surface area (Å²) >= 11 is 5.56. The lowest BCUT2D eigenvalue weighted by Gasteiger charge is -2.16. The number of benzene rings is 1. The van der Waals surface area contributed by atoms with Crippen molar-refractivity contribution >= 4 is 23.4 Å². The first-order valence-electron chi connectivity index (χ1n) is 7.46. The Morgan fingerprint density at radius 2 is 2.09 bits per heavy atom. The molecule has 2 rings (SSSR count). The third kappa shape index (κ3) is 4.70. The van der Waals surface area contributed by atoms with Crippen LogP contribution in [-0.4, -0.2) is 42.2 Å². The number of carbonyl (C=O) groups excluding carboxylic acids is 2. The van der Waals surface area contributed by atoms with Crippen molar-refractivity contribution in [2.75, 3.05) is 25.5 Å². The Balaban J connectivity index is 1.79. The van der Waals surface area contributed by atoms with Crippen molar-refractivity contribution in [1.82, 2.24) is 10.2 Å². The first-order chi connectivity index (χ1) is 10.6. The van der Waals surface area contributed by atoms with E-state index in [1.807, 2.05) is 0 Å². The summed E-state index contributed by atoms with van der Waals surface area (Å²) in [6, 6.07) is 6.25. The van der Waals surface area contributed by atoms with E-state index in [9.17, 15) is 14.0 Å². The number of nitrogens with one attached hydrogen (secondary N) is 1. The molecule has 22 heavy (non-hydrogen) atoms. The van der Waals surface area contributed by atoms with Crippen molar-refractivity contribution in [3.63, 3.8) is 0 Å². The van der Waals surface area contributed by atoms with Gasteiger partial charge >= 0.3 is 0 Å². The third-order valence-corrected chi connectivity index (χ3v) is 4.05. The number of halogens is 2. The summed E-state index contributed by atoms with van der Waals surface area (Å²) in [5.41, 5.74) is 0.976. The highest BCUT2D eigenvalue weighted by Gasteiger charge is 2.33. The van der Waals surface area contributed by atoms with Gasteiger partial charge in [-0.2, -0.15) is 0 Å². The Kier molecular flexibility index (Phi) is 6.19. The molecular formula is C16H20ClFN2O2. The maximum Gasteiger partial charge on any atom is 0.225 e. The van der Waals surface area contributed by atoms with Gasteiger partial charge in [-0.05, 0) is 30.5 Å². The Labute approximate surface area is 134 Å². The van der Waals surface area contributed by atoms with E-state index < -0.39 is 0 Å². The fourth-order valence-electron chi connectivity index (χ4n) is 2.50. The third-order valence-electron chi connectivity index (χ3n) is 3.78. The minimum atomic E-state index is -0.281. The van der Waals surface area contributed by atoms with Gasteiger partial charge in [-0.25, -0.2) is 4.39 Å². The molecule has 0 aliphatic carbocycles. The molecule has 1 aliphatic rings. The van der Waals surface area contributed by atoms with Gasteiger partial charge in [0.2, 0.25) is 11.8 Å². The molecule has 1 atom stereocenters. The van der Waals surface area contributed by atoms with Crippen LogP contribution >= 0.6 is 11.6 Å². The van der Waals surface area contributed by atoms with Crippen LogP contribution in [0.4, 0.5) is 4.39 Å². The second-order valence-corrected chi connectivity index (χ2v) is 5.83. The van der Waals surface area contributed by atoms with Crippen LogP contribution in [0.5, 0.6) is 0 Å². The molecule has 1 heterocycles. The van der Waals surface area contributed by atoms with Crippen LogP contribution in [0.15, 0.2) is 24.3 Å². The van der Waals surface area contributed by atoms with E-state index in [4.69, 9.17) is 11.6 Å². The average Bonchev–Trinajstić information content (AvgIpc) is 2.88. The van der Waals surface area contributed by atoms with Gasteiger partial charge in [-0.3, -0.25) is 9.59 Å². The number of hydrogen-bond donors (Lipinski definition) is 1. The number of carbonyl (C=O) groups is 2. The summed E-state index contributed by atoms with van der Waals surface area (Å²) < 4.78 is 12.8. The predicted molar refractivity (Wildman–Crippen MR) is 83.1 cm³/mol. The average molecular weight is 327 g/mol. The van der Waals surface area contributed by atoms with E-state index in [1.165, 1.54) is 12.1 Å². The molecular weight excluding hydrogens is 307 g/mol. The highest BCUT2D eigenvalue weighted by atomic mass is 35.5. The van der Waals surface area contributed by atoms with Gasteiger partial charge in [-0.15, -0.1) is 11.6 Å². The van der Waals surface area contributed by atoms with Gasteiger partial charge in [0.1, 0.15) is 5.82 Å². The quantitative estimate of drug-likeness (QED) is 0.615. The van der Waals surface area contributed by atoms with Crippen molar-refractivity contribution in [1.29, 1.82) is 0 Å². The monoisotopic (exact) mass is 326 g/mol. The topological polar surface area (TPSA) is 49.4 Å². The van der Waals surface area contributed by atoms with Crippen LogP contribution in [0.25, 0.3) is 0 Å². The molecule has 4 nitrogen and oxygen atoms in total. The van der Waals surface area contributed by atoms with Crippen LogP contribution in [-0.2, 0) is 16.0 Å². The second kappa shape index (κ2) is 8.13. The zero-order valence-electron chi connectivity index (χ0n) is 12.4. The highest BCUT2D eigenvalue weighted by molar-refractivity contribution is 6.17. The highest BCUT2D eigenvalue weighted by Crippen LogP contribution is 2.18. The van der Waals surface area contributed by atoms with Crippen molar-refractivity contribution in [3.8, 4) is 0 Å². The van der Waals surface area contributed by atoms with Crippen LogP contribution in [0.2, 0.25) is 0 Å². The van der Waals surface area contributed by atoms with Gasteiger partial charge in [0.25, 0.3) is 0 Å². The van der Waals surface area contributed by atoms with Gasteiger partial charge in [0.15, 0.2) is 0 Å². The van der Waals surface area contributed by atoms with E-state index in [0.29, 0.717) is 31.9 Å². The number of alkyl halides is 1. The molecule has 2 amide bonds. The van der Waals surface area contributed by atoms with Crippen LogP contribution in [0, 0.1) is 11.7 Å². The van der Waals surface area contributed by atoms with Crippen LogP contribution < -0.4 is 5.32 Å². The second-order valence-electron chi connectivity index (χ2n) is 5.45. The first-order valence-corrected chi connectivity index (χ1v) is 7.99. The molecule has 1 saturated heterocycles. The maximum absolute atomic E-state index is 12.8. The van der Waals surface area contributed by atoms with Crippen LogP contribution in [0.3, 0.4) is 0 Å². The standard InChI is InChI=1S/C16H20ClFN2O2/c17-7-1-8-19-16(22)13-10-15(21)20(11-13)9-6-12-2-4-14(18)5-3-12/h2-5,13H,1,6-11H2,(H,19,22)/t13-/m0/s1. The van der Waals surface area contributed by atoms with Crippen molar-refractivity contribution < 1.29 is 14.0 Å². The Morgan fingerprint density at radius 1 is 1.36 bits per heavy atom. The molecule has 1 aromatic rings. The fraction of sp³-hybridized carbons (Fsp3) is 0.500. The van der Waals surface area contributed by atoms with E-state index in [-0.39, 0.29) is 30.0 Å². The van der Waals surface area contributed by atoms with Crippen LogP contribution in [0.1, 0.15) is 18.4 Å². The minimum Gasteiger partial charge on any atom is -0.356 e. The summed E-state index contributed by atoms with van der Waals surface area (Å²) in [4.78, 5) is 25.6. The van der Waals surface area contributed by atoms with Gasteiger partial charge in [0.05, 0.1) is 5.92 Å². The molecule has 6 heteroatoms. The Morgan fingerprint density at radius 3 is 2.77 bits per heavy atom. The van der Waals surface area contributed by atoms with E-state index in [2.05, 4.69) is 5.32 Å². The molecule has 1 aromatic carbocycles. The fourth-order valence-corrected chi connectivity index (χ4v) is 2.64. The predicted octanol–water partition coefficient (Wildman–Crippen LogP) is 1.96. The van der Waals surface area contributed by atoms with Gasteiger partial charge in [0, 0.05) is 31.9 Å². The number of likely N-dealkylation sites (tertiary alicyclic amines) is 1. The van der Waals surface area contributed by atoms with E-state index in [0.717, 1.165) is 12.0 Å². The summed E-state index contributed by atoms with van der Waals surface area (Å²) in [5.74, 6) is -0.124. The Hall–Kier alpha value is -1.62. The molecule has 0 spiro atoms. The summed E-state index contributed by atoms with van der Waals surface area (Å²) in [7, 11) is 0. The lowest BCUT2D eigenvalue weighted by molar-refractivity contribution is -0.129. The van der Waals surface area contributed by atoms with Gasteiger partial charge in [-0.1, -0.05) is 12.1 Å². The summed E-state index contributed by atoms with van der Waals surface area (Å²) in [5, 5.41) is 2.80. The zero-order chi connectivity index (χ0) is 15.9. The summed E-state index contributed by atoms with van der Waals surface area (Å²) in [6.07, 6.45) is 1.64. The van der Waals surface area contributed by atoms with Crippen molar-refractivity contribution in [2.45, 2.75) is 19.3 Å².